The zero-order chi connectivity index (χ0) is 13.4. The van der Waals surface area contributed by atoms with Crippen molar-refractivity contribution in [3.8, 4) is 5.75 Å². The Hall–Kier alpha value is -2.49. The summed E-state index contributed by atoms with van der Waals surface area (Å²) in [6.45, 7) is 1.81. The number of nitrogens with one attached hydrogen (secondary N) is 1. The lowest BCUT2D eigenvalue weighted by Crippen LogP contribution is -1.98. The van der Waals surface area contributed by atoms with E-state index in [1.54, 1.807) is 19.4 Å². The Kier molecular flexibility index (Phi) is 2.63. The fraction of sp³-hybridized carbons (Fsp3) is 0.133. The van der Waals surface area contributed by atoms with E-state index in [9.17, 15) is 4.79 Å². The van der Waals surface area contributed by atoms with E-state index in [1.807, 2.05) is 25.1 Å². The highest BCUT2D eigenvalue weighted by Crippen LogP contribution is 2.25. The van der Waals surface area contributed by atoms with E-state index >= 15 is 0 Å². The van der Waals surface area contributed by atoms with Crippen LogP contribution in [0.4, 0.5) is 0 Å². The number of H-pyrrole nitrogens is 1. The molecule has 0 aliphatic rings. The number of aromatic amines is 1. The van der Waals surface area contributed by atoms with Gasteiger partial charge in [-0.3, -0.25) is 4.79 Å². The Morgan fingerprint density at radius 3 is 2.84 bits per heavy atom. The fourth-order valence-corrected chi connectivity index (χ4v) is 2.13. The van der Waals surface area contributed by atoms with Crippen LogP contribution in [0.5, 0.6) is 5.75 Å². The summed E-state index contributed by atoms with van der Waals surface area (Å²) in [5.41, 5.74) is 2.08. The van der Waals surface area contributed by atoms with Crippen molar-refractivity contribution in [2.24, 2.45) is 0 Å². The van der Waals surface area contributed by atoms with Crippen LogP contribution in [-0.4, -0.2) is 17.9 Å². The lowest BCUT2D eigenvalue weighted by atomic mass is 10.0. The molecule has 0 saturated carbocycles. The highest BCUT2D eigenvalue weighted by Gasteiger charge is 2.16. The standard InChI is InChI=1S/C15H13NO3/c1-9-5-10(8-19-9)15(17)13-7-16-14-4-3-11(18-2)6-12(13)14/h3-8,16H,1-2H3. The predicted molar refractivity (Wildman–Crippen MR) is 71.7 cm³/mol. The highest BCUT2D eigenvalue weighted by molar-refractivity contribution is 6.16. The first-order valence-corrected chi connectivity index (χ1v) is 5.94. The molecule has 0 bridgehead atoms. The van der Waals surface area contributed by atoms with Crippen LogP contribution in [0.1, 0.15) is 21.7 Å². The monoisotopic (exact) mass is 255 g/mol. The van der Waals surface area contributed by atoms with Gasteiger partial charge < -0.3 is 14.1 Å². The minimum absolute atomic E-state index is 0.0589. The molecule has 4 nitrogen and oxygen atoms in total. The largest absolute Gasteiger partial charge is 0.497 e. The van der Waals surface area contributed by atoms with Gasteiger partial charge in [0.05, 0.1) is 12.7 Å². The molecule has 0 unspecified atom stereocenters. The highest BCUT2D eigenvalue weighted by atomic mass is 16.5. The Balaban J connectivity index is 2.12. The van der Waals surface area contributed by atoms with Crippen LogP contribution < -0.4 is 4.74 Å². The van der Waals surface area contributed by atoms with Gasteiger partial charge in [-0.2, -0.15) is 0 Å². The van der Waals surface area contributed by atoms with Gasteiger partial charge in [0.15, 0.2) is 5.78 Å². The normalized spacial score (nSPS) is 10.8. The van der Waals surface area contributed by atoms with Gasteiger partial charge >= 0.3 is 0 Å². The third-order valence-corrected chi connectivity index (χ3v) is 3.13. The maximum Gasteiger partial charge on any atom is 0.198 e. The van der Waals surface area contributed by atoms with Crippen LogP contribution in [0.2, 0.25) is 0 Å². The lowest BCUT2D eigenvalue weighted by molar-refractivity contribution is 0.103. The maximum absolute atomic E-state index is 12.4. The first kappa shape index (κ1) is 11.6. The summed E-state index contributed by atoms with van der Waals surface area (Å²) in [4.78, 5) is 15.5. The topological polar surface area (TPSA) is 55.2 Å². The summed E-state index contributed by atoms with van der Waals surface area (Å²) in [5.74, 6) is 1.39. The van der Waals surface area contributed by atoms with Crippen molar-refractivity contribution in [1.82, 2.24) is 4.98 Å². The molecule has 0 amide bonds. The molecule has 0 radical (unpaired) electrons. The molecule has 0 aliphatic heterocycles. The van der Waals surface area contributed by atoms with Gasteiger partial charge in [-0.25, -0.2) is 0 Å². The van der Waals surface area contributed by atoms with E-state index in [1.165, 1.54) is 6.26 Å². The number of aromatic nitrogens is 1. The van der Waals surface area contributed by atoms with Gasteiger partial charge in [0.1, 0.15) is 17.8 Å². The average molecular weight is 255 g/mol. The van der Waals surface area contributed by atoms with Crippen molar-refractivity contribution in [1.29, 1.82) is 0 Å². The van der Waals surface area contributed by atoms with E-state index < -0.39 is 0 Å². The number of rotatable bonds is 3. The van der Waals surface area contributed by atoms with Gasteiger partial charge in [0.2, 0.25) is 0 Å². The molecule has 4 heteroatoms. The molecule has 2 heterocycles. The molecule has 2 aromatic heterocycles. The molecule has 0 spiro atoms. The second-order valence-electron chi connectivity index (χ2n) is 4.39. The average Bonchev–Trinajstić information content (AvgIpc) is 3.03. The number of carbonyl (C=O) groups is 1. The molecule has 3 rings (SSSR count). The number of furan rings is 1. The van der Waals surface area contributed by atoms with Crippen LogP contribution >= 0.6 is 0 Å². The molecule has 0 fully saturated rings. The molecule has 96 valence electrons. The van der Waals surface area contributed by atoms with Gasteiger partial charge in [-0.05, 0) is 31.2 Å². The maximum atomic E-state index is 12.4. The summed E-state index contributed by atoms with van der Waals surface area (Å²) in [6, 6.07) is 7.34. The summed E-state index contributed by atoms with van der Waals surface area (Å²) in [7, 11) is 1.61. The Bertz CT molecular complexity index is 752. The summed E-state index contributed by atoms with van der Waals surface area (Å²) in [5, 5.41) is 0.850. The Morgan fingerprint density at radius 1 is 1.32 bits per heavy atom. The third kappa shape index (κ3) is 1.91. The van der Waals surface area contributed by atoms with Crippen LogP contribution in [-0.2, 0) is 0 Å². The van der Waals surface area contributed by atoms with E-state index in [0.29, 0.717) is 11.1 Å². The molecule has 0 atom stereocenters. The molecule has 1 aromatic carbocycles. The van der Waals surface area contributed by atoms with Gasteiger partial charge in [-0.15, -0.1) is 0 Å². The van der Waals surface area contributed by atoms with Crippen molar-refractivity contribution in [3.05, 3.63) is 53.6 Å². The predicted octanol–water partition coefficient (Wildman–Crippen LogP) is 3.31. The number of hydrogen-bond acceptors (Lipinski definition) is 3. The molecule has 0 aliphatic carbocycles. The Labute approximate surface area is 110 Å². The van der Waals surface area contributed by atoms with Crippen LogP contribution in [0.25, 0.3) is 10.9 Å². The first-order valence-electron chi connectivity index (χ1n) is 5.94. The number of aryl methyl sites for hydroxylation is 1. The zero-order valence-corrected chi connectivity index (χ0v) is 10.7. The number of benzene rings is 1. The fourth-order valence-electron chi connectivity index (χ4n) is 2.13. The summed E-state index contributed by atoms with van der Waals surface area (Å²) >= 11 is 0. The minimum Gasteiger partial charge on any atom is -0.497 e. The van der Waals surface area contributed by atoms with E-state index in [-0.39, 0.29) is 5.78 Å². The van der Waals surface area contributed by atoms with E-state index in [2.05, 4.69) is 4.98 Å². The summed E-state index contributed by atoms with van der Waals surface area (Å²) in [6.07, 6.45) is 3.20. The van der Waals surface area contributed by atoms with Crippen molar-refractivity contribution in [2.75, 3.05) is 7.11 Å². The number of ketones is 1. The van der Waals surface area contributed by atoms with Crippen molar-refractivity contribution in [2.45, 2.75) is 6.92 Å². The van der Waals surface area contributed by atoms with Crippen LogP contribution in [0, 0.1) is 6.92 Å². The molecule has 3 aromatic rings. The second-order valence-corrected chi connectivity index (χ2v) is 4.39. The quantitative estimate of drug-likeness (QED) is 0.730. The van der Waals surface area contributed by atoms with Gasteiger partial charge in [0, 0.05) is 22.7 Å². The first-order chi connectivity index (χ1) is 9.19. The second kappa shape index (κ2) is 4.31. The molecule has 19 heavy (non-hydrogen) atoms. The van der Waals surface area contributed by atoms with Crippen molar-refractivity contribution < 1.29 is 13.9 Å². The lowest BCUT2D eigenvalue weighted by Gasteiger charge is -2.00. The van der Waals surface area contributed by atoms with Gasteiger partial charge in [0.25, 0.3) is 0 Å². The van der Waals surface area contributed by atoms with Crippen LogP contribution in [0.3, 0.4) is 0 Å². The number of fused-ring (bicyclic) bond motifs is 1. The smallest absolute Gasteiger partial charge is 0.198 e. The molecule has 0 saturated heterocycles. The van der Waals surface area contributed by atoms with Crippen molar-refractivity contribution >= 4 is 16.7 Å². The Morgan fingerprint density at radius 2 is 2.16 bits per heavy atom. The van der Waals surface area contributed by atoms with Gasteiger partial charge in [-0.1, -0.05) is 0 Å². The number of carbonyl (C=O) groups excluding carboxylic acids is 1. The number of methoxy groups -OCH3 is 1. The molecular weight excluding hydrogens is 242 g/mol. The van der Waals surface area contributed by atoms with E-state index in [4.69, 9.17) is 9.15 Å². The summed E-state index contributed by atoms with van der Waals surface area (Å²) < 4.78 is 10.4. The van der Waals surface area contributed by atoms with Crippen LogP contribution in [0.15, 0.2) is 41.1 Å². The zero-order valence-electron chi connectivity index (χ0n) is 10.7. The minimum atomic E-state index is -0.0589. The SMILES string of the molecule is COc1ccc2[nH]cc(C(=O)c3coc(C)c3)c2c1. The van der Waals surface area contributed by atoms with E-state index in [0.717, 1.165) is 22.4 Å². The third-order valence-electron chi connectivity index (χ3n) is 3.13. The number of hydrogen-bond donors (Lipinski definition) is 1. The number of ether oxygens (including phenoxy) is 1. The molecular formula is C15H13NO3. The molecule has 1 N–H and O–H groups in total. The van der Waals surface area contributed by atoms with Crippen molar-refractivity contribution in [3.63, 3.8) is 0 Å².